The first-order valence-electron chi connectivity index (χ1n) is 12.5. The van der Waals surface area contributed by atoms with Crippen LogP contribution in [0, 0.1) is 0 Å². The van der Waals surface area contributed by atoms with Gasteiger partial charge in [0.05, 0.1) is 36.5 Å². The third-order valence-electron chi connectivity index (χ3n) is 5.96. The molecule has 1 saturated heterocycles. The summed E-state index contributed by atoms with van der Waals surface area (Å²) in [4.78, 5) is 5.81. The molecule has 0 spiro atoms. The zero-order valence-corrected chi connectivity index (χ0v) is 23.7. The van der Waals surface area contributed by atoms with Gasteiger partial charge in [-0.1, -0.05) is 34.1 Å². The Hall–Kier alpha value is -1.65. The van der Waals surface area contributed by atoms with Crippen LogP contribution in [0.3, 0.4) is 0 Å². The monoisotopic (exact) mass is 587 g/mol. The molecule has 1 heterocycles. The Morgan fingerprint density at radius 1 is 0.973 bits per heavy atom. The quantitative estimate of drug-likeness (QED) is 0.234. The smallest absolute Gasteiger partial charge is 0.419 e. The predicted octanol–water partition coefficient (Wildman–Crippen LogP) is 7.25. The van der Waals surface area contributed by atoms with E-state index in [2.05, 4.69) is 21.4 Å². The van der Waals surface area contributed by atoms with Crippen LogP contribution in [0.15, 0.2) is 46.9 Å². The highest BCUT2D eigenvalue weighted by Gasteiger charge is 2.41. The van der Waals surface area contributed by atoms with Crippen molar-refractivity contribution in [3.05, 3.63) is 63.6 Å². The molecule has 0 amide bonds. The fraction of sp³-hybridized carbons (Fsp3) is 0.571. The fourth-order valence-corrected chi connectivity index (χ4v) is 4.28. The van der Waals surface area contributed by atoms with E-state index >= 15 is 0 Å². The summed E-state index contributed by atoms with van der Waals surface area (Å²) in [6, 6.07) is 12.1. The van der Waals surface area contributed by atoms with Gasteiger partial charge in [-0.3, -0.25) is 4.84 Å². The molecule has 1 fully saturated rings. The van der Waals surface area contributed by atoms with Gasteiger partial charge in [-0.2, -0.15) is 18.7 Å². The van der Waals surface area contributed by atoms with E-state index in [0.717, 1.165) is 10.0 Å². The highest BCUT2D eigenvalue weighted by Crippen LogP contribution is 2.38. The first-order chi connectivity index (χ1) is 17.2. The minimum absolute atomic E-state index is 0.152. The third-order valence-corrected chi connectivity index (χ3v) is 6.46. The molecule has 0 saturated carbocycles. The van der Waals surface area contributed by atoms with Crippen LogP contribution in [0.5, 0.6) is 5.75 Å². The molecule has 0 aliphatic carbocycles. The highest BCUT2D eigenvalue weighted by molar-refractivity contribution is 9.10. The molecular weight excluding hydrogens is 551 g/mol. The molecule has 3 rings (SSSR count). The molecule has 2 aromatic carbocycles. The van der Waals surface area contributed by atoms with Crippen molar-refractivity contribution in [1.29, 1.82) is 0 Å². The van der Waals surface area contributed by atoms with E-state index in [-0.39, 0.29) is 12.4 Å². The van der Waals surface area contributed by atoms with Gasteiger partial charge in [0.25, 0.3) is 0 Å². The van der Waals surface area contributed by atoms with Crippen molar-refractivity contribution in [1.82, 2.24) is 5.48 Å². The van der Waals surface area contributed by atoms with Gasteiger partial charge in [0.1, 0.15) is 5.75 Å². The predicted molar refractivity (Wildman–Crippen MR) is 140 cm³/mol. The second kappa shape index (κ2) is 12.0. The molecule has 0 radical (unpaired) electrons. The van der Waals surface area contributed by atoms with Crippen LogP contribution in [0.4, 0.5) is 13.2 Å². The second-order valence-electron chi connectivity index (χ2n) is 11.0. The molecule has 1 aliphatic heterocycles. The van der Waals surface area contributed by atoms with Crippen LogP contribution >= 0.6 is 15.9 Å². The van der Waals surface area contributed by atoms with Crippen molar-refractivity contribution in [3.63, 3.8) is 0 Å². The van der Waals surface area contributed by atoms with E-state index in [0.29, 0.717) is 44.5 Å². The summed E-state index contributed by atoms with van der Waals surface area (Å²) in [5, 5.41) is 0. The lowest BCUT2D eigenvalue weighted by atomic mass is 9.91. The standard InChI is InChI=1S/C28H37BrF3NO4/c1-25(2,3)37-33-27(18-35-26(4,5)36-19-27)14-13-21-11-12-24(23(17-21)28(30,31)32)34-15-7-9-20-8-6-10-22(29)16-20/h6,8,10-12,16-17,33H,7,9,13-15,18-19H2,1-5H3. The van der Waals surface area contributed by atoms with E-state index in [4.69, 9.17) is 19.0 Å². The molecule has 1 N–H and O–H groups in total. The molecule has 0 unspecified atom stereocenters. The molecular formula is C28H37BrF3NO4. The number of halogens is 4. The summed E-state index contributed by atoms with van der Waals surface area (Å²) in [7, 11) is 0. The van der Waals surface area contributed by atoms with E-state index in [1.54, 1.807) is 6.07 Å². The van der Waals surface area contributed by atoms with Crippen molar-refractivity contribution in [2.45, 2.75) is 83.4 Å². The number of aryl methyl sites for hydroxylation is 2. The van der Waals surface area contributed by atoms with Crippen molar-refractivity contribution in [2.24, 2.45) is 0 Å². The first kappa shape index (κ1) is 29.9. The van der Waals surface area contributed by atoms with Gasteiger partial charge in [0, 0.05) is 4.47 Å². The summed E-state index contributed by atoms with van der Waals surface area (Å²) in [5.41, 5.74) is 2.82. The second-order valence-corrected chi connectivity index (χ2v) is 11.9. The maximum absolute atomic E-state index is 13.9. The summed E-state index contributed by atoms with van der Waals surface area (Å²) in [6.45, 7) is 10.2. The van der Waals surface area contributed by atoms with Crippen LogP contribution in [-0.4, -0.2) is 36.7 Å². The molecule has 2 aromatic rings. The van der Waals surface area contributed by atoms with Gasteiger partial charge in [0.2, 0.25) is 0 Å². The molecule has 9 heteroatoms. The minimum atomic E-state index is -4.53. The van der Waals surface area contributed by atoms with Crippen LogP contribution in [0.25, 0.3) is 0 Å². The summed E-state index contributed by atoms with van der Waals surface area (Å²) < 4.78 is 60.0. The number of benzene rings is 2. The van der Waals surface area contributed by atoms with Gasteiger partial charge in [-0.25, -0.2) is 0 Å². The lowest BCUT2D eigenvalue weighted by Crippen LogP contribution is -2.60. The normalized spacial score (nSPS) is 17.5. The third kappa shape index (κ3) is 9.55. The zero-order chi connectivity index (χ0) is 27.3. The van der Waals surface area contributed by atoms with Crippen molar-refractivity contribution in [3.8, 4) is 5.75 Å². The van der Waals surface area contributed by atoms with Gasteiger partial charge in [0.15, 0.2) is 5.79 Å². The molecule has 0 aromatic heterocycles. The van der Waals surface area contributed by atoms with Crippen molar-refractivity contribution < 1.29 is 32.2 Å². The van der Waals surface area contributed by atoms with E-state index < -0.39 is 28.7 Å². The lowest BCUT2D eigenvalue weighted by Gasteiger charge is -2.44. The highest BCUT2D eigenvalue weighted by atomic mass is 79.9. The number of alkyl halides is 3. The van der Waals surface area contributed by atoms with Crippen LogP contribution in [-0.2, 0) is 33.3 Å². The molecule has 5 nitrogen and oxygen atoms in total. The Morgan fingerprint density at radius 2 is 1.65 bits per heavy atom. The Balaban J connectivity index is 1.66. The number of hydrogen-bond donors (Lipinski definition) is 1. The van der Waals surface area contributed by atoms with E-state index in [1.165, 1.54) is 12.1 Å². The van der Waals surface area contributed by atoms with E-state index in [9.17, 15) is 13.2 Å². The van der Waals surface area contributed by atoms with Crippen LogP contribution in [0.2, 0.25) is 0 Å². The number of ether oxygens (including phenoxy) is 3. The topological polar surface area (TPSA) is 49.0 Å². The van der Waals surface area contributed by atoms with Gasteiger partial charge in [-0.05, 0) is 95.7 Å². The van der Waals surface area contributed by atoms with Gasteiger partial charge in [-0.15, -0.1) is 0 Å². The lowest BCUT2D eigenvalue weighted by molar-refractivity contribution is -0.291. The number of hydroxylamine groups is 1. The summed E-state index contributed by atoms with van der Waals surface area (Å²) >= 11 is 3.43. The molecule has 1 aliphatic rings. The Kier molecular flexibility index (Phi) is 9.72. The largest absolute Gasteiger partial charge is 0.493 e. The SMILES string of the molecule is CC(C)(C)ONC1(CCc2ccc(OCCCc3cccc(Br)c3)c(C(F)(F)F)c2)COC(C)(C)OC1. The molecule has 37 heavy (non-hydrogen) atoms. The average Bonchev–Trinajstić information content (AvgIpc) is 2.80. The van der Waals surface area contributed by atoms with E-state index in [1.807, 2.05) is 58.9 Å². The zero-order valence-electron chi connectivity index (χ0n) is 22.1. The first-order valence-corrected chi connectivity index (χ1v) is 13.3. The molecule has 0 atom stereocenters. The van der Waals surface area contributed by atoms with Gasteiger partial charge >= 0.3 is 6.18 Å². The Morgan fingerprint density at radius 3 is 2.27 bits per heavy atom. The Bertz CT molecular complexity index is 1030. The van der Waals surface area contributed by atoms with Crippen molar-refractivity contribution >= 4 is 15.9 Å². The molecule has 0 bridgehead atoms. The number of rotatable bonds is 10. The van der Waals surface area contributed by atoms with Crippen molar-refractivity contribution in [2.75, 3.05) is 19.8 Å². The number of hydrogen-bond acceptors (Lipinski definition) is 5. The molecule has 206 valence electrons. The maximum Gasteiger partial charge on any atom is 0.419 e. The van der Waals surface area contributed by atoms with Crippen LogP contribution < -0.4 is 10.2 Å². The van der Waals surface area contributed by atoms with Crippen LogP contribution in [0.1, 0.15) is 64.2 Å². The summed E-state index contributed by atoms with van der Waals surface area (Å²) in [6.07, 6.45) is -2.37. The van der Waals surface area contributed by atoms with Gasteiger partial charge < -0.3 is 14.2 Å². The Labute approximate surface area is 226 Å². The number of nitrogens with one attached hydrogen (secondary N) is 1. The summed E-state index contributed by atoms with van der Waals surface area (Å²) in [5.74, 6) is -0.882. The maximum atomic E-state index is 13.9. The average molecular weight is 589 g/mol. The fourth-order valence-electron chi connectivity index (χ4n) is 3.84. The minimum Gasteiger partial charge on any atom is -0.493 e.